The zero-order valence-electron chi connectivity index (χ0n) is 31.4. The molecule has 8 aromatic carbocycles. The maximum atomic E-state index is 9.49. The van der Waals surface area contributed by atoms with Crippen molar-refractivity contribution in [2.75, 3.05) is 0 Å². The van der Waals surface area contributed by atoms with E-state index >= 15 is 0 Å². The highest BCUT2D eigenvalue weighted by molar-refractivity contribution is 6.10. The third-order valence-corrected chi connectivity index (χ3v) is 11.4. The Hall–Kier alpha value is -8.00. The molecule has 0 N–H and O–H groups in total. The van der Waals surface area contributed by atoms with E-state index in [9.17, 15) is 5.26 Å². The molecule has 0 atom stereocenters. The Kier molecular flexibility index (Phi) is 7.84. The van der Waals surface area contributed by atoms with Crippen molar-refractivity contribution in [2.24, 2.45) is 0 Å². The maximum Gasteiger partial charge on any atom is 0.140 e. The highest BCUT2D eigenvalue weighted by Gasteiger charge is 2.21. The number of hydrogen-bond acceptors (Lipinski definition) is 2. The van der Waals surface area contributed by atoms with Gasteiger partial charge < -0.3 is 0 Å². The molecule has 0 bridgehead atoms. The molecule has 11 aromatic rings. The van der Waals surface area contributed by atoms with Crippen LogP contribution in [0.2, 0.25) is 0 Å². The van der Waals surface area contributed by atoms with Crippen molar-refractivity contribution in [3.05, 3.63) is 212 Å². The number of nitriles is 1. The number of hydrogen-bond donors (Lipinski definition) is 0. The third kappa shape index (κ3) is 5.33. The van der Waals surface area contributed by atoms with E-state index in [4.69, 9.17) is 4.98 Å². The van der Waals surface area contributed by atoms with Crippen molar-refractivity contribution in [1.29, 1.82) is 5.26 Å². The third-order valence-electron chi connectivity index (χ3n) is 11.4. The Morgan fingerprint density at radius 1 is 0.328 bits per heavy atom. The zero-order chi connectivity index (χ0) is 38.6. The van der Waals surface area contributed by atoms with Crippen LogP contribution in [0.3, 0.4) is 0 Å². The summed E-state index contributed by atoms with van der Waals surface area (Å²) in [5.41, 5.74) is 14.0. The first-order valence-corrected chi connectivity index (χ1v) is 19.5. The molecule has 3 heterocycles. The topological polar surface area (TPSA) is 46.5 Å². The van der Waals surface area contributed by atoms with Crippen LogP contribution in [0, 0.1) is 11.3 Å². The number of benzene rings is 8. The predicted molar refractivity (Wildman–Crippen MR) is 239 cm³/mol. The Labute approximate surface area is 335 Å². The summed E-state index contributed by atoms with van der Waals surface area (Å²) in [5, 5.41) is 14.3. The monoisotopic (exact) mass is 738 g/mol. The normalized spacial score (nSPS) is 11.4. The summed E-state index contributed by atoms with van der Waals surface area (Å²) in [6, 6.07) is 75.0. The maximum absolute atomic E-state index is 9.49. The van der Waals surface area contributed by atoms with Crippen molar-refractivity contribution in [1.82, 2.24) is 14.1 Å². The van der Waals surface area contributed by atoms with Gasteiger partial charge in [-0.05, 0) is 93.0 Å². The van der Waals surface area contributed by atoms with Gasteiger partial charge in [-0.3, -0.25) is 9.13 Å². The summed E-state index contributed by atoms with van der Waals surface area (Å²) in [5.74, 6) is 1.70. The second kappa shape index (κ2) is 13.6. The van der Waals surface area contributed by atoms with Crippen molar-refractivity contribution in [3.63, 3.8) is 0 Å². The fourth-order valence-electron chi connectivity index (χ4n) is 8.84. The average Bonchev–Trinajstić information content (AvgIpc) is 3.82. The number of rotatable bonds is 6. The smallest absolute Gasteiger partial charge is 0.140 e. The van der Waals surface area contributed by atoms with Crippen LogP contribution in [0.25, 0.3) is 99.8 Å². The zero-order valence-corrected chi connectivity index (χ0v) is 31.4. The minimum Gasteiger partial charge on any atom is -0.294 e. The fourth-order valence-corrected chi connectivity index (χ4v) is 8.84. The molecule has 3 aromatic heterocycles. The molecule has 0 amide bonds. The molecular weight excluding hydrogens is 705 g/mol. The minimum atomic E-state index is 0.647. The second-order valence-corrected chi connectivity index (χ2v) is 14.6. The van der Waals surface area contributed by atoms with Gasteiger partial charge in [0.15, 0.2) is 0 Å². The molecule has 0 aliphatic heterocycles. The molecule has 4 heteroatoms. The van der Waals surface area contributed by atoms with E-state index in [2.05, 4.69) is 197 Å². The summed E-state index contributed by atoms with van der Waals surface area (Å²) >= 11 is 0. The first-order chi connectivity index (χ1) is 28.7. The van der Waals surface area contributed by atoms with Crippen LogP contribution in [-0.4, -0.2) is 14.1 Å². The van der Waals surface area contributed by atoms with Gasteiger partial charge in [0, 0.05) is 21.5 Å². The van der Waals surface area contributed by atoms with Gasteiger partial charge in [-0.2, -0.15) is 5.26 Å². The van der Waals surface area contributed by atoms with Crippen LogP contribution in [0.4, 0.5) is 0 Å². The lowest BCUT2D eigenvalue weighted by Crippen LogP contribution is -2.04. The molecular formula is C54H34N4. The first-order valence-electron chi connectivity index (χ1n) is 19.5. The van der Waals surface area contributed by atoms with Gasteiger partial charge >= 0.3 is 0 Å². The van der Waals surface area contributed by atoms with E-state index in [1.54, 1.807) is 0 Å². The molecule has 58 heavy (non-hydrogen) atoms. The molecule has 0 saturated carbocycles. The SMILES string of the molecule is N#Cc1ccc(-c2ccccc2-c2ccccc2-c2ccccc2-c2cc(-n3c4ccccc4c4ccccc43)nc(-n3c4ccccc4c4ccccc43)c2)cc1. The van der Waals surface area contributed by atoms with Crippen molar-refractivity contribution < 1.29 is 0 Å². The number of para-hydroxylation sites is 4. The standard InChI is InChI=1S/C54H34N4/c55-35-36-29-31-37(32-30-36)39-15-1-3-17-41(39)43-19-5-6-20-44(43)42-18-4-2-16-40(42)38-33-53(57-49-25-11-7-21-45(49)46-22-8-12-26-50(46)57)56-54(34-38)58-51-27-13-9-23-47(51)48-24-10-14-28-52(48)58/h1-34H. The average molecular weight is 739 g/mol. The number of nitrogens with zero attached hydrogens (tertiary/aromatic N) is 4. The first kappa shape index (κ1) is 33.3. The Bertz CT molecular complexity index is 3170. The van der Waals surface area contributed by atoms with Gasteiger partial charge in [-0.15, -0.1) is 0 Å². The fraction of sp³-hybridized carbons (Fsp3) is 0. The van der Waals surface area contributed by atoms with Crippen LogP contribution >= 0.6 is 0 Å². The van der Waals surface area contributed by atoms with Crippen molar-refractivity contribution in [3.8, 4) is 62.2 Å². The van der Waals surface area contributed by atoms with Gasteiger partial charge in [0.05, 0.1) is 33.7 Å². The molecule has 0 spiro atoms. The minimum absolute atomic E-state index is 0.647. The van der Waals surface area contributed by atoms with Crippen LogP contribution in [-0.2, 0) is 0 Å². The number of pyridine rings is 1. The van der Waals surface area contributed by atoms with Gasteiger partial charge in [-0.1, -0.05) is 158 Å². The molecule has 0 radical (unpaired) electrons. The van der Waals surface area contributed by atoms with Gasteiger partial charge in [0.2, 0.25) is 0 Å². The van der Waals surface area contributed by atoms with E-state index in [1.807, 2.05) is 24.3 Å². The number of fused-ring (bicyclic) bond motifs is 6. The van der Waals surface area contributed by atoms with Gasteiger partial charge in [0.1, 0.15) is 11.6 Å². The lowest BCUT2D eigenvalue weighted by atomic mass is 9.86. The molecule has 270 valence electrons. The Morgan fingerprint density at radius 2 is 0.638 bits per heavy atom. The summed E-state index contributed by atoms with van der Waals surface area (Å²) < 4.78 is 4.63. The lowest BCUT2D eigenvalue weighted by molar-refractivity contribution is 1.01. The Morgan fingerprint density at radius 3 is 1.02 bits per heavy atom. The van der Waals surface area contributed by atoms with Crippen LogP contribution < -0.4 is 0 Å². The largest absolute Gasteiger partial charge is 0.294 e. The molecule has 0 unspecified atom stereocenters. The molecule has 4 nitrogen and oxygen atoms in total. The highest BCUT2D eigenvalue weighted by Crippen LogP contribution is 2.43. The van der Waals surface area contributed by atoms with E-state index in [0.717, 1.165) is 78.2 Å². The Balaban J connectivity index is 1.18. The lowest BCUT2D eigenvalue weighted by Gasteiger charge is -2.19. The molecule has 0 fully saturated rings. The summed E-state index contributed by atoms with van der Waals surface area (Å²) in [6.45, 7) is 0. The van der Waals surface area contributed by atoms with Crippen molar-refractivity contribution >= 4 is 43.6 Å². The molecule has 0 aliphatic carbocycles. The van der Waals surface area contributed by atoms with Crippen LogP contribution in [0.5, 0.6) is 0 Å². The second-order valence-electron chi connectivity index (χ2n) is 14.6. The molecule has 11 rings (SSSR count). The summed E-state index contributed by atoms with van der Waals surface area (Å²) in [7, 11) is 0. The van der Waals surface area contributed by atoms with Crippen LogP contribution in [0.1, 0.15) is 5.56 Å². The van der Waals surface area contributed by atoms with Crippen molar-refractivity contribution in [2.45, 2.75) is 0 Å². The van der Waals surface area contributed by atoms with E-state index in [-0.39, 0.29) is 0 Å². The van der Waals surface area contributed by atoms with E-state index in [1.165, 1.54) is 21.5 Å². The summed E-state index contributed by atoms with van der Waals surface area (Å²) in [4.78, 5) is 5.58. The summed E-state index contributed by atoms with van der Waals surface area (Å²) in [6.07, 6.45) is 0. The molecule has 0 saturated heterocycles. The molecule has 0 aliphatic rings. The number of aromatic nitrogens is 3. The quantitative estimate of drug-likeness (QED) is 0.170. The van der Waals surface area contributed by atoms with Gasteiger partial charge in [-0.25, -0.2) is 4.98 Å². The van der Waals surface area contributed by atoms with E-state index in [0.29, 0.717) is 5.56 Å². The van der Waals surface area contributed by atoms with E-state index < -0.39 is 0 Å². The van der Waals surface area contributed by atoms with Crippen LogP contribution in [0.15, 0.2) is 206 Å². The highest BCUT2D eigenvalue weighted by atomic mass is 15.1. The predicted octanol–water partition coefficient (Wildman–Crippen LogP) is 13.8. The van der Waals surface area contributed by atoms with Gasteiger partial charge in [0.25, 0.3) is 0 Å².